The first-order chi connectivity index (χ1) is 9.04. The first kappa shape index (κ1) is 16.1. The summed E-state index contributed by atoms with van der Waals surface area (Å²) in [6.07, 6.45) is 0. The highest BCUT2D eigenvalue weighted by atomic mass is 79.9. The van der Waals surface area contributed by atoms with Gasteiger partial charge in [0.2, 0.25) is 5.91 Å². The molecule has 2 N–H and O–H groups in total. The van der Waals surface area contributed by atoms with Crippen LogP contribution in [0.25, 0.3) is 0 Å². The topological polar surface area (TPSA) is 50.4 Å². The molecule has 0 bridgehead atoms. The van der Waals surface area contributed by atoms with E-state index < -0.39 is 0 Å². The van der Waals surface area contributed by atoms with Gasteiger partial charge in [0.25, 0.3) is 0 Å². The summed E-state index contributed by atoms with van der Waals surface area (Å²) in [5.41, 5.74) is 1.15. The first-order valence-electron chi connectivity index (χ1n) is 6.32. The van der Waals surface area contributed by atoms with E-state index in [2.05, 4.69) is 26.6 Å². The molecule has 1 aromatic rings. The molecule has 5 heteroatoms. The molecule has 0 aliphatic rings. The van der Waals surface area contributed by atoms with E-state index >= 15 is 0 Å². The van der Waals surface area contributed by atoms with Gasteiger partial charge in [-0.25, -0.2) is 0 Å². The largest absolute Gasteiger partial charge is 0.383 e. The second-order valence-corrected chi connectivity index (χ2v) is 5.36. The van der Waals surface area contributed by atoms with Crippen LogP contribution in [0.4, 0.5) is 0 Å². The Balaban J connectivity index is 2.44. The van der Waals surface area contributed by atoms with Gasteiger partial charge in [-0.15, -0.1) is 0 Å². The molecule has 1 amide bonds. The number of carbonyl (C=O) groups excluding carboxylic acids is 1. The smallest absolute Gasteiger partial charge is 0.236 e. The van der Waals surface area contributed by atoms with E-state index in [4.69, 9.17) is 4.74 Å². The quantitative estimate of drug-likeness (QED) is 0.755. The van der Waals surface area contributed by atoms with Gasteiger partial charge in [0.1, 0.15) is 0 Å². The summed E-state index contributed by atoms with van der Waals surface area (Å²) in [4.78, 5) is 11.8. The minimum atomic E-state index is -0.240. The molecule has 0 spiro atoms. The number of halogens is 1. The highest BCUT2D eigenvalue weighted by Gasteiger charge is 2.15. The summed E-state index contributed by atoms with van der Waals surface area (Å²) < 4.78 is 5.94. The van der Waals surface area contributed by atoms with E-state index in [0.29, 0.717) is 13.2 Å². The lowest BCUT2D eigenvalue weighted by molar-refractivity contribution is -0.123. The molecule has 1 rings (SSSR count). The van der Waals surface area contributed by atoms with Crippen molar-refractivity contribution in [3.63, 3.8) is 0 Å². The van der Waals surface area contributed by atoms with Gasteiger partial charge in [0, 0.05) is 24.2 Å². The maximum atomic E-state index is 11.8. The van der Waals surface area contributed by atoms with Gasteiger partial charge in [-0.05, 0) is 31.5 Å². The number of hydrogen-bond donors (Lipinski definition) is 2. The average Bonchev–Trinajstić information content (AvgIpc) is 2.39. The number of nitrogens with one attached hydrogen (secondary N) is 2. The van der Waals surface area contributed by atoms with Crippen molar-refractivity contribution in [3.8, 4) is 0 Å². The molecule has 0 aliphatic heterocycles. The second kappa shape index (κ2) is 8.30. The summed E-state index contributed by atoms with van der Waals surface area (Å²) in [5, 5.41) is 6.09. The monoisotopic (exact) mass is 328 g/mol. The summed E-state index contributed by atoms with van der Waals surface area (Å²) in [6, 6.07) is 7.95. The number of hydrogen-bond acceptors (Lipinski definition) is 3. The van der Waals surface area contributed by atoms with Crippen molar-refractivity contribution in [2.45, 2.75) is 25.9 Å². The van der Waals surface area contributed by atoms with E-state index in [9.17, 15) is 4.79 Å². The van der Waals surface area contributed by atoms with E-state index in [1.54, 1.807) is 7.11 Å². The predicted octanol–water partition coefficient (Wildman–Crippen LogP) is 2.25. The molecular formula is C14H21BrN2O2. The van der Waals surface area contributed by atoms with Crippen molar-refractivity contribution in [3.05, 3.63) is 34.3 Å². The normalized spacial score (nSPS) is 13.9. The summed E-state index contributed by atoms with van der Waals surface area (Å²) in [7, 11) is 1.61. The van der Waals surface area contributed by atoms with Crippen LogP contribution in [0.2, 0.25) is 0 Å². The zero-order valence-corrected chi connectivity index (χ0v) is 13.2. The number of ether oxygens (including phenoxy) is 1. The van der Waals surface area contributed by atoms with Crippen molar-refractivity contribution >= 4 is 21.8 Å². The SMILES string of the molecule is COCCNC(=O)C(C)N[C@H](C)c1ccc(Br)cc1. The van der Waals surface area contributed by atoms with Gasteiger partial charge in [-0.3, -0.25) is 10.1 Å². The van der Waals surface area contributed by atoms with E-state index in [-0.39, 0.29) is 18.0 Å². The standard InChI is InChI=1S/C14H21BrN2O2/c1-10(12-4-6-13(15)7-5-12)17-11(2)14(18)16-8-9-19-3/h4-7,10-11,17H,8-9H2,1-3H3,(H,16,18)/t10-,11?/m1/s1. The van der Waals surface area contributed by atoms with Crippen molar-refractivity contribution < 1.29 is 9.53 Å². The third kappa shape index (κ3) is 5.72. The minimum absolute atomic E-state index is 0.0130. The summed E-state index contributed by atoms with van der Waals surface area (Å²) in [5.74, 6) is -0.0130. The second-order valence-electron chi connectivity index (χ2n) is 4.45. The first-order valence-corrected chi connectivity index (χ1v) is 7.12. The zero-order chi connectivity index (χ0) is 14.3. The molecule has 0 heterocycles. The number of carbonyl (C=O) groups is 1. The van der Waals surface area contributed by atoms with Gasteiger partial charge in [0.05, 0.1) is 12.6 Å². The van der Waals surface area contributed by atoms with Gasteiger partial charge in [-0.1, -0.05) is 28.1 Å². The van der Waals surface area contributed by atoms with Crippen LogP contribution in [0.3, 0.4) is 0 Å². The minimum Gasteiger partial charge on any atom is -0.383 e. The lowest BCUT2D eigenvalue weighted by Gasteiger charge is -2.20. The molecule has 0 radical (unpaired) electrons. The van der Waals surface area contributed by atoms with Gasteiger partial charge in [-0.2, -0.15) is 0 Å². The molecular weight excluding hydrogens is 308 g/mol. The Labute approximate surface area is 123 Å². The number of benzene rings is 1. The highest BCUT2D eigenvalue weighted by Crippen LogP contribution is 2.16. The third-order valence-electron chi connectivity index (χ3n) is 2.87. The molecule has 1 aromatic carbocycles. The van der Waals surface area contributed by atoms with Crippen molar-refractivity contribution in [1.29, 1.82) is 0 Å². The Kier molecular flexibility index (Phi) is 7.05. The number of amides is 1. The molecule has 0 saturated carbocycles. The Bertz CT molecular complexity index is 395. The van der Waals surface area contributed by atoms with E-state index in [1.807, 2.05) is 38.1 Å². The van der Waals surface area contributed by atoms with Crippen LogP contribution in [0, 0.1) is 0 Å². The molecule has 0 saturated heterocycles. The van der Waals surface area contributed by atoms with Crippen molar-refractivity contribution in [2.75, 3.05) is 20.3 Å². The number of rotatable bonds is 7. The fraction of sp³-hybridized carbons (Fsp3) is 0.500. The maximum Gasteiger partial charge on any atom is 0.236 e. The molecule has 0 aliphatic carbocycles. The van der Waals surface area contributed by atoms with E-state index in [1.165, 1.54) is 0 Å². The molecule has 2 atom stereocenters. The van der Waals surface area contributed by atoms with Gasteiger partial charge < -0.3 is 10.1 Å². The van der Waals surface area contributed by atoms with Crippen LogP contribution in [0.15, 0.2) is 28.7 Å². The Morgan fingerprint density at radius 2 is 1.95 bits per heavy atom. The van der Waals surface area contributed by atoms with Crippen LogP contribution in [-0.4, -0.2) is 32.2 Å². The summed E-state index contributed by atoms with van der Waals surface area (Å²) in [6.45, 7) is 4.97. The molecule has 0 fully saturated rings. The van der Waals surface area contributed by atoms with Gasteiger partial charge in [0.15, 0.2) is 0 Å². The van der Waals surface area contributed by atoms with Gasteiger partial charge >= 0.3 is 0 Å². The fourth-order valence-electron chi connectivity index (χ4n) is 1.73. The highest BCUT2D eigenvalue weighted by molar-refractivity contribution is 9.10. The molecule has 4 nitrogen and oxygen atoms in total. The Hall–Kier alpha value is -0.910. The van der Waals surface area contributed by atoms with Crippen LogP contribution >= 0.6 is 15.9 Å². The lowest BCUT2D eigenvalue weighted by Crippen LogP contribution is -2.44. The zero-order valence-electron chi connectivity index (χ0n) is 11.6. The van der Waals surface area contributed by atoms with Crippen LogP contribution in [0.1, 0.15) is 25.5 Å². The Morgan fingerprint density at radius 3 is 2.53 bits per heavy atom. The maximum absolute atomic E-state index is 11.8. The van der Waals surface area contributed by atoms with Crippen LogP contribution in [-0.2, 0) is 9.53 Å². The lowest BCUT2D eigenvalue weighted by atomic mass is 10.1. The van der Waals surface area contributed by atoms with Crippen molar-refractivity contribution in [1.82, 2.24) is 10.6 Å². The molecule has 0 aromatic heterocycles. The van der Waals surface area contributed by atoms with Crippen molar-refractivity contribution in [2.24, 2.45) is 0 Å². The average molecular weight is 329 g/mol. The third-order valence-corrected chi connectivity index (χ3v) is 3.40. The molecule has 1 unspecified atom stereocenters. The molecule has 19 heavy (non-hydrogen) atoms. The fourth-order valence-corrected chi connectivity index (χ4v) is 1.99. The van der Waals surface area contributed by atoms with E-state index in [0.717, 1.165) is 10.0 Å². The summed E-state index contributed by atoms with van der Waals surface area (Å²) >= 11 is 3.41. The Morgan fingerprint density at radius 1 is 1.32 bits per heavy atom. The van der Waals surface area contributed by atoms with Crippen LogP contribution < -0.4 is 10.6 Å². The molecule has 106 valence electrons. The predicted molar refractivity (Wildman–Crippen MR) is 80.0 cm³/mol. The number of methoxy groups -OCH3 is 1. The van der Waals surface area contributed by atoms with Crippen LogP contribution in [0.5, 0.6) is 0 Å².